The molecule has 104 valence electrons. The molecule has 0 heterocycles. The zero-order valence-electron chi connectivity index (χ0n) is 10.4. The van der Waals surface area contributed by atoms with Crippen LogP contribution in [-0.4, -0.2) is 4.92 Å². The van der Waals surface area contributed by atoms with E-state index in [4.69, 9.17) is 17.3 Å². The summed E-state index contributed by atoms with van der Waals surface area (Å²) >= 11 is 9.37. The van der Waals surface area contributed by atoms with Gasteiger partial charge in [0, 0.05) is 27.7 Å². The Morgan fingerprint density at radius 1 is 1.25 bits per heavy atom. The summed E-state index contributed by atoms with van der Waals surface area (Å²) in [5.41, 5.74) is 8.09. The topological polar surface area (TPSA) is 69.2 Å². The largest absolute Gasteiger partial charge is 0.324 e. The lowest BCUT2D eigenvalue weighted by molar-refractivity contribution is -0.384. The van der Waals surface area contributed by atoms with Gasteiger partial charge in [0.2, 0.25) is 0 Å². The molecule has 0 aliphatic heterocycles. The van der Waals surface area contributed by atoms with E-state index >= 15 is 0 Å². The van der Waals surface area contributed by atoms with Gasteiger partial charge in [-0.2, -0.15) is 0 Å². The summed E-state index contributed by atoms with van der Waals surface area (Å²) in [4.78, 5) is 10.2. The average Bonchev–Trinajstić information content (AvgIpc) is 2.38. The molecule has 20 heavy (non-hydrogen) atoms. The van der Waals surface area contributed by atoms with E-state index in [9.17, 15) is 10.1 Å². The van der Waals surface area contributed by atoms with E-state index in [1.165, 1.54) is 12.1 Å². The molecule has 0 radical (unpaired) electrons. The number of rotatable bonds is 4. The number of hydrogen-bond donors (Lipinski definition) is 1. The van der Waals surface area contributed by atoms with Crippen LogP contribution in [0.1, 0.15) is 17.2 Å². The van der Waals surface area contributed by atoms with Crippen molar-refractivity contribution in [2.24, 2.45) is 5.73 Å². The zero-order chi connectivity index (χ0) is 14.7. The quantitative estimate of drug-likeness (QED) is 0.658. The van der Waals surface area contributed by atoms with Gasteiger partial charge in [0.15, 0.2) is 0 Å². The summed E-state index contributed by atoms with van der Waals surface area (Å²) in [7, 11) is 0. The predicted octanol–water partition coefficient (Wildman–Crippen LogP) is 4.25. The van der Waals surface area contributed by atoms with Gasteiger partial charge in [0.25, 0.3) is 5.69 Å². The minimum Gasteiger partial charge on any atom is -0.324 e. The highest BCUT2D eigenvalue weighted by atomic mass is 79.9. The summed E-state index contributed by atoms with van der Waals surface area (Å²) in [6, 6.07) is 11.7. The second-order valence-corrected chi connectivity index (χ2v) is 5.79. The van der Waals surface area contributed by atoms with Gasteiger partial charge in [-0.05, 0) is 35.7 Å². The van der Waals surface area contributed by atoms with Crippen molar-refractivity contribution < 1.29 is 4.92 Å². The molecule has 6 heteroatoms. The molecule has 1 unspecified atom stereocenters. The van der Waals surface area contributed by atoms with Gasteiger partial charge >= 0.3 is 0 Å². The van der Waals surface area contributed by atoms with E-state index in [1.54, 1.807) is 18.2 Å². The third-order valence-electron chi connectivity index (χ3n) is 2.92. The third-order valence-corrected chi connectivity index (χ3v) is 3.59. The standard InChI is InChI=1S/C14H12BrClN2O2/c15-11-6-10(7-12(16)8-11)14(17)5-9-1-3-13(4-2-9)18(19)20/h1-4,6-8,14H,5,17H2. The van der Waals surface area contributed by atoms with E-state index in [1.807, 2.05) is 12.1 Å². The Morgan fingerprint density at radius 3 is 2.45 bits per heavy atom. The second-order valence-electron chi connectivity index (χ2n) is 4.44. The first-order chi connectivity index (χ1) is 9.45. The van der Waals surface area contributed by atoms with Crippen LogP contribution in [0.3, 0.4) is 0 Å². The first-order valence-electron chi connectivity index (χ1n) is 5.90. The average molecular weight is 356 g/mol. The molecule has 1 atom stereocenters. The van der Waals surface area contributed by atoms with Crippen LogP contribution in [0.5, 0.6) is 0 Å². The molecular weight excluding hydrogens is 344 g/mol. The van der Waals surface area contributed by atoms with E-state index in [-0.39, 0.29) is 11.7 Å². The number of nitro groups is 1. The maximum Gasteiger partial charge on any atom is 0.269 e. The van der Waals surface area contributed by atoms with Crippen LogP contribution in [0.25, 0.3) is 0 Å². The predicted molar refractivity (Wildman–Crippen MR) is 82.9 cm³/mol. The number of hydrogen-bond acceptors (Lipinski definition) is 3. The molecule has 2 rings (SSSR count). The first kappa shape index (κ1) is 15.0. The van der Waals surface area contributed by atoms with Crippen molar-refractivity contribution in [3.63, 3.8) is 0 Å². The lowest BCUT2D eigenvalue weighted by atomic mass is 9.99. The van der Waals surface area contributed by atoms with Crippen molar-refractivity contribution in [1.82, 2.24) is 0 Å². The molecule has 0 aliphatic rings. The lowest BCUT2D eigenvalue weighted by Gasteiger charge is -2.13. The highest BCUT2D eigenvalue weighted by molar-refractivity contribution is 9.10. The van der Waals surface area contributed by atoms with Crippen LogP contribution in [0.15, 0.2) is 46.9 Å². The Balaban J connectivity index is 2.14. The molecule has 0 amide bonds. The molecule has 2 N–H and O–H groups in total. The van der Waals surface area contributed by atoms with Gasteiger partial charge < -0.3 is 5.73 Å². The summed E-state index contributed by atoms with van der Waals surface area (Å²) in [5, 5.41) is 11.2. The summed E-state index contributed by atoms with van der Waals surface area (Å²) in [6.45, 7) is 0. The Bertz CT molecular complexity index is 611. The number of halogens is 2. The van der Waals surface area contributed by atoms with Gasteiger partial charge in [0.05, 0.1) is 4.92 Å². The Kier molecular flexibility index (Phi) is 4.75. The SMILES string of the molecule is NC(Cc1ccc([N+](=O)[O-])cc1)c1cc(Cl)cc(Br)c1. The highest BCUT2D eigenvalue weighted by Gasteiger charge is 2.10. The third kappa shape index (κ3) is 3.79. The maximum atomic E-state index is 10.6. The van der Waals surface area contributed by atoms with E-state index in [2.05, 4.69) is 15.9 Å². The molecule has 0 spiro atoms. The smallest absolute Gasteiger partial charge is 0.269 e. The molecule has 0 saturated carbocycles. The number of nitrogens with zero attached hydrogens (tertiary/aromatic N) is 1. The monoisotopic (exact) mass is 354 g/mol. The molecule has 0 aromatic heterocycles. The maximum absolute atomic E-state index is 10.6. The van der Waals surface area contributed by atoms with Crippen LogP contribution >= 0.6 is 27.5 Å². The fourth-order valence-electron chi connectivity index (χ4n) is 1.91. The van der Waals surface area contributed by atoms with Crippen molar-refractivity contribution in [2.45, 2.75) is 12.5 Å². The molecule has 2 aromatic carbocycles. The molecule has 0 aliphatic carbocycles. The van der Waals surface area contributed by atoms with Gasteiger partial charge in [0.1, 0.15) is 0 Å². The van der Waals surface area contributed by atoms with Crippen molar-refractivity contribution >= 4 is 33.2 Å². The molecule has 0 saturated heterocycles. The molecule has 0 bridgehead atoms. The summed E-state index contributed by atoms with van der Waals surface area (Å²) in [6.07, 6.45) is 0.588. The molecular formula is C14H12BrClN2O2. The van der Waals surface area contributed by atoms with E-state index in [0.29, 0.717) is 11.4 Å². The van der Waals surface area contributed by atoms with Crippen LogP contribution in [0.2, 0.25) is 5.02 Å². The van der Waals surface area contributed by atoms with E-state index in [0.717, 1.165) is 15.6 Å². The number of benzene rings is 2. The Morgan fingerprint density at radius 2 is 1.90 bits per heavy atom. The highest BCUT2D eigenvalue weighted by Crippen LogP contribution is 2.25. The van der Waals surface area contributed by atoms with Crippen LogP contribution in [0.4, 0.5) is 5.69 Å². The first-order valence-corrected chi connectivity index (χ1v) is 7.07. The van der Waals surface area contributed by atoms with Gasteiger partial charge in [-0.1, -0.05) is 39.7 Å². The van der Waals surface area contributed by atoms with Gasteiger partial charge in [-0.25, -0.2) is 0 Å². The van der Waals surface area contributed by atoms with Crippen molar-refractivity contribution in [1.29, 1.82) is 0 Å². The fraction of sp³-hybridized carbons (Fsp3) is 0.143. The molecule has 2 aromatic rings. The Labute approximate surface area is 129 Å². The normalized spacial score (nSPS) is 12.2. The van der Waals surface area contributed by atoms with Crippen LogP contribution < -0.4 is 5.73 Å². The number of nitrogens with two attached hydrogens (primary N) is 1. The summed E-state index contributed by atoms with van der Waals surface area (Å²) in [5.74, 6) is 0. The molecule has 4 nitrogen and oxygen atoms in total. The molecule has 0 fully saturated rings. The second kappa shape index (κ2) is 6.35. The van der Waals surface area contributed by atoms with Crippen molar-refractivity contribution in [3.05, 3.63) is 73.2 Å². The van der Waals surface area contributed by atoms with Crippen LogP contribution in [-0.2, 0) is 6.42 Å². The van der Waals surface area contributed by atoms with Crippen molar-refractivity contribution in [2.75, 3.05) is 0 Å². The lowest BCUT2D eigenvalue weighted by Crippen LogP contribution is -2.13. The fourth-order valence-corrected chi connectivity index (χ4v) is 2.80. The number of nitro benzene ring substituents is 1. The minimum atomic E-state index is -0.419. The van der Waals surface area contributed by atoms with Crippen LogP contribution in [0, 0.1) is 10.1 Å². The Hall–Kier alpha value is -1.43. The minimum absolute atomic E-state index is 0.0767. The van der Waals surface area contributed by atoms with E-state index < -0.39 is 4.92 Å². The van der Waals surface area contributed by atoms with Gasteiger partial charge in [-0.15, -0.1) is 0 Å². The van der Waals surface area contributed by atoms with Gasteiger partial charge in [-0.3, -0.25) is 10.1 Å². The number of non-ortho nitro benzene ring substituents is 1. The summed E-state index contributed by atoms with van der Waals surface area (Å²) < 4.78 is 0.874. The van der Waals surface area contributed by atoms with Crippen molar-refractivity contribution in [3.8, 4) is 0 Å². The zero-order valence-corrected chi connectivity index (χ0v) is 12.8.